The number of piperazine rings is 1. The number of aromatic nitrogens is 2. The largest absolute Gasteiger partial charge is 0.377 e. The molecule has 3 aliphatic heterocycles. The summed E-state index contributed by atoms with van der Waals surface area (Å²) < 4.78 is 5.69. The second-order valence-electron chi connectivity index (χ2n) is 10.1. The number of hydrogen-bond acceptors (Lipinski definition) is 8. The van der Waals surface area contributed by atoms with E-state index in [1.807, 2.05) is 0 Å². The number of carbonyl (C=O) groups excluding carboxylic acids is 1. The molecule has 3 fully saturated rings. The monoisotopic (exact) mass is 513 g/mol. The Labute approximate surface area is 218 Å². The molecule has 9 nitrogen and oxygen atoms in total. The Morgan fingerprint density at radius 3 is 2.44 bits per heavy atom. The SMILES string of the molecule is C[C@@H]1CN(c2ncc(C(N)=O)cc2Cl)CCN1c1cc(N2CCCCC2)nc(N2CCOC[C@@H]2C)c1. The second kappa shape index (κ2) is 10.7. The Bertz CT molecular complexity index is 1090. The molecule has 10 heteroatoms. The van der Waals surface area contributed by atoms with Crippen molar-refractivity contribution in [3.8, 4) is 0 Å². The number of nitrogens with two attached hydrogens (primary N) is 1. The standard InChI is InChI=1S/C26H36ClN7O2/c1-18-16-32(26-22(27)12-20(15-29-26)25(28)35)8-9-33(18)21-13-23(31-6-4-3-5-7-31)30-24(14-21)34-10-11-36-17-19(34)2/h12-15,18-19H,3-11,16-17H2,1-2H3,(H2,28,35)/t18-,19+/m1/s1. The Kier molecular flexibility index (Phi) is 7.39. The van der Waals surface area contributed by atoms with E-state index in [2.05, 4.69) is 50.6 Å². The van der Waals surface area contributed by atoms with Gasteiger partial charge in [-0.2, -0.15) is 0 Å². The van der Waals surface area contributed by atoms with Gasteiger partial charge in [0.25, 0.3) is 0 Å². The topological polar surface area (TPSA) is 91.1 Å². The van der Waals surface area contributed by atoms with Gasteiger partial charge in [0, 0.05) is 69.3 Å². The summed E-state index contributed by atoms with van der Waals surface area (Å²) in [6.45, 7) is 11.2. The van der Waals surface area contributed by atoms with Gasteiger partial charge in [-0.15, -0.1) is 0 Å². The van der Waals surface area contributed by atoms with Crippen LogP contribution in [-0.4, -0.2) is 80.4 Å². The molecule has 36 heavy (non-hydrogen) atoms. The molecule has 5 heterocycles. The molecule has 0 radical (unpaired) electrons. The summed E-state index contributed by atoms with van der Waals surface area (Å²) in [4.78, 5) is 30.5. The number of carbonyl (C=O) groups is 1. The molecular weight excluding hydrogens is 478 g/mol. The summed E-state index contributed by atoms with van der Waals surface area (Å²) in [5.41, 5.74) is 6.90. The van der Waals surface area contributed by atoms with Gasteiger partial charge in [-0.25, -0.2) is 9.97 Å². The molecule has 3 aliphatic rings. The zero-order valence-corrected chi connectivity index (χ0v) is 22.0. The van der Waals surface area contributed by atoms with E-state index < -0.39 is 5.91 Å². The minimum Gasteiger partial charge on any atom is -0.377 e. The smallest absolute Gasteiger partial charge is 0.250 e. The van der Waals surface area contributed by atoms with E-state index in [0.717, 1.165) is 64.1 Å². The minimum absolute atomic E-state index is 0.235. The summed E-state index contributed by atoms with van der Waals surface area (Å²) in [6.07, 6.45) is 5.23. The molecule has 5 rings (SSSR count). The first-order valence-corrected chi connectivity index (χ1v) is 13.4. The van der Waals surface area contributed by atoms with Crippen molar-refractivity contribution in [3.63, 3.8) is 0 Å². The number of amides is 1. The van der Waals surface area contributed by atoms with Gasteiger partial charge in [-0.05, 0) is 39.2 Å². The summed E-state index contributed by atoms with van der Waals surface area (Å²) in [5.74, 6) is 2.27. The Hall–Kier alpha value is -2.78. The van der Waals surface area contributed by atoms with E-state index in [-0.39, 0.29) is 6.04 Å². The molecular formula is C26H36ClN7O2. The lowest BCUT2D eigenvalue weighted by Gasteiger charge is -2.43. The van der Waals surface area contributed by atoms with Crippen LogP contribution in [-0.2, 0) is 4.74 Å². The molecule has 2 N–H and O–H groups in total. The van der Waals surface area contributed by atoms with Crippen molar-refractivity contribution in [2.24, 2.45) is 5.73 Å². The molecule has 0 unspecified atom stereocenters. The van der Waals surface area contributed by atoms with Crippen LogP contribution < -0.4 is 25.3 Å². The van der Waals surface area contributed by atoms with Gasteiger partial charge in [-0.3, -0.25) is 4.79 Å². The Morgan fingerprint density at radius 2 is 1.75 bits per heavy atom. The van der Waals surface area contributed by atoms with Gasteiger partial charge in [0.1, 0.15) is 17.5 Å². The maximum Gasteiger partial charge on any atom is 0.250 e. The third-order valence-electron chi connectivity index (χ3n) is 7.49. The first-order chi connectivity index (χ1) is 17.4. The van der Waals surface area contributed by atoms with E-state index in [4.69, 9.17) is 27.1 Å². The lowest BCUT2D eigenvalue weighted by molar-refractivity contribution is 0.0985. The minimum atomic E-state index is -0.526. The van der Waals surface area contributed by atoms with Crippen LogP contribution in [0.25, 0.3) is 0 Å². The van der Waals surface area contributed by atoms with Crippen molar-refractivity contribution in [3.05, 3.63) is 35.0 Å². The van der Waals surface area contributed by atoms with Crippen LogP contribution in [0.5, 0.6) is 0 Å². The molecule has 0 aromatic carbocycles. The van der Waals surface area contributed by atoms with Crippen LogP contribution in [0.3, 0.4) is 0 Å². The predicted molar refractivity (Wildman–Crippen MR) is 145 cm³/mol. The molecule has 194 valence electrons. The summed E-state index contributed by atoms with van der Waals surface area (Å²) in [5, 5.41) is 0.451. The predicted octanol–water partition coefficient (Wildman–Crippen LogP) is 3.16. The Morgan fingerprint density at radius 1 is 0.972 bits per heavy atom. The number of anilines is 4. The summed E-state index contributed by atoms with van der Waals surface area (Å²) >= 11 is 6.48. The number of morpholine rings is 1. The van der Waals surface area contributed by atoms with Gasteiger partial charge < -0.3 is 30.1 Å². The summed E-state index contributed by atoms with van der Waals surface area (Å²) in [7, 11) is 0. The average Bonchev–Trinajstić information content (AvgIpc) is 2.89. The van der Waals surface area contributed by atoms with Crippen molar-refractivity contribution >= 4 is 40.6 Å². The fourth-order valence-corrected chi connectivity index (χ4v) is 5.77. The third-order valence-corrected chi connectivity index (χ3v) is 7.77. The first-order valence-electron chi connectivity index (χ1n) is 13.0. The average molecular weight is 514 g/mol. The number of rotatable bonds is 5. The molecule has 2 aromatic rings. The number of halogens is 1. The molecule has 0 spiro atoms. The van der Waals surface area contributed by atoms with Crippen LogP contribution in [0.2, 0.25) is 5.02 Å². The number of ether oxygens (including phenoxy) is 1. The molecule has 3 saturated heterocycles. The van der Waals surface area contributed by atoms with Crippen molar-refractivity contribution < 1.29 is 9.53 Å². The van der Waals surface area contributed by atoms with Crippen molar-refractivity contribution in [2.45, 2.75) is 45.2 Å². The van der Waals surface area contributed by atoms with E-state index in [0.29, 0.717) is 22.4 Å². The number of piperidine rings is 1. The normalized spacial score (nSPS) is 23.2. The number of nitrogens with zero attached hydrogens (tertiary/aromatic N) is 6. The zero-order valence-electron chi connectivity index (χ0n) is 21.2. The fourth-order valence-electron chi connectivity index (χ4n) is 5.49. The van der Waals surface area contributed by atoms with Crippen LogP contribution >= 0.6 is 11.6 Å². The van der Waals surface area contributed by atoms with Gasteiger partial charge in [-0.1, -0.05) is 11.6 Å². The van der Waals surface area contributed by atoms with E-state index in [1.54, 1.807) is 6.07 Å². The highest BCUT2D eigenvalue weighted by Gasteiger charge is 2.29. The Balaban J connectivity index is 1.40. The highest BCUT2D eigenvalue weighted by atomic mass is 35.5. The molecule has 2 atom stereocenters. The van der Waals surface area contributed by atoms with Crippen molar-refractivity contribution in [1.82, 2.24) is 9.97 Å². The lowest BCUT2D eigenvalue weighted by atomic mass is 10.1. The number of primary amides is 1. The van der Waals surface area contributed by atoms with Crippen LogP contribution in [0.15, 0.2) is 24.4 Å². The quantitative estimate of drug-likeness (QED) is 0.652. The van der Waals surface area contributed by atoms with Crippen LogP contribution in [0, 0.1) is 0 Å². The lowest BCUT2D eigenvalue weighted by Crippen LogP contribution is -2.52. The molecule has 1 amide bonds. The van der Waals surface area contributed by atoms with E-state index in [1.165, 1.54) is 31.1 Å². The number of pyridine rings is 2. The first kappa shape index (κ1) is 24.9. The second-order valence-corrected chi connectivity index (χ2v) is 10.5. The van der Waals surface area contributed by atoms with E-state index >= 15 is 0 Å². The zero-order chi connectivity index (χ0) is 25.2. The fraction of sp³-hybridized carbons (Fsp3) is 0.577. The van der Waals surface area contributed by atoms with Gasteiger partial charge in [0.2, 0.25) is 5.91 Å². The van der Waals surface area contributed by atoms with Gasteiger partial charge in [0.15, 0.2) is 0 Å². The number of hydrogen-bond donors (Lipinski definition) is 1. The van der Waals surface area contributed by atoms with Crippen molar-refractivity contribution in [2.75, 3.05) is 72.1 Å². The molecule has 0 saturated carbocycles. The van der Waals surface area contributed by atoms with Crippen LogP contribution in [0.1, 0.15) is 43.5 Å². The summed E-state index contributed by atoms with van der Waals surface area (Å²) in [6, 6.07) is 6.64. The molecule has 0 aliphatic carbocycles. The molecule has 2 aromatic heterocycles. The highest BCUT2D eigenvalue weighted by molar-refractivity contribution is 6.33. The van der Waals surface area contributed by atoms with Crippen molar-refractivity contribution in [1.29, 1.82) is 0 Å². The van der Waals surface area contributed by atoms with E-state index in [9.17, 15) is 4.79 Å². The third kappa shape index (κ3) is 5.18. The maximum absolute atomic E-state index is 11.5. The van der Waals surface area contributed by atoms with Crippen LogP contribution in [0.4, 0.5) is 23.1 Å². The molecule has 0 bridgehead atoms. The maximum atomic E-state index is 11.5. The highest BCUT2D eigenvalue weighted by Crippen LogP contribution is 2.33. The van der Waals surface area contributed by atoms with Gasteiger partial charge in [0.05, 0.1) is 29.8 Å². The van der Waals surface area contributed by atoms with Gasteiger partial charge >= 0.3 is 0 Å².